The fraction of sp³-hybridized carbons (Fsp3) is 0.500. The van der Waals surface area contributed by atoms with E-state index in [0.717, 1.165) is 31.4 Å². The van der Waals surface area contributed by atoms with Gasteiger partial charge >= 0.3 is 0 Å². The fourth-order valence-corrected chi connectivity index (χ4v) is 3.46. The van der Waals surface area contributed by atoms with Crippen LogP contribution >= 0.6 is 0 Å². The number of para-hydroxylation sites is 1. The van der Waals surface area contributed by atoms with Gasteiger partial charge in [-0.2, -0.15) is 0 Å². The second kappa shape index (κ2) is 6.54. The maximum atomic E-state index is 9.76. The number of rotatable bonds is 5. The Morgan fingerprint density at radius 1 is 1.10 bits per heavy atom. The molecule has 3 rings (SSSR count). The van der Waals surface area contributed by atoms with Gasteiger partial charge in [-0.05, 0) is 24.5 Å². The second-order valence-corrected chi connectivity index (χ2v) is 6.31. The topological polar surface area (TPSA) is 45.1 Å². The molecule has 1 aliphatic carbocycles. The summed E-state index contributed by atoms with van der Waals surface area (Å²) >= 11 is 0. The van der Waals surface area contributed by atoms with E-state index in [2.05, 4.69) is 34.6 Å². The number of hydrogen-bond acceptors (Lipinski definition) is 3. The molecule has 112 valence electrons. The van der Waals surface area contributed by atoms with Crippen molar-refractivity contribution in [2.45, 2.75) is 38.6 Å². The summed E-state index contributed by atoms with van der Waals surface area (Å²) in [7, 11) is 0. The van der Waals surface area contributed by atoms with Gasteiger partial charge in [0.1, 0.15) is 0 Å². The number of aliphatic hydroxyl groups excluding tert-OH is 1. The molecule has 3 heteroatoms. The maximum Gasteiger partial charge on any atom is 0.0746 e. The molecule has 0 unspecified atom stereocenters. The van der Waals surface area contributed by atoms with Crippen LogP contribution in [0.5, 0.6) is 0 Å². The van der Waals surface area contributed by atoms with E-state index < -0.39 is 0 Å². The molecule has 0 saturated heterocycles. The highest BCUT2D eigenvalue weighted by Gasteiger charge is 2.30. The Labute approximate surface area is 126 Å². The molecule has 0 atom stereocenters. The monoisotopic (exact) mass is 284 g/mol. The van der Waals surface area contributed by atoms with E-state index in [-0.39, 0.29) is 5.41 Å². The van der Waals surface area contributed by atoms with E-state index in [4.69, 9.17) is 0 Å². The van der Waals surface area contributed by atoms with Crippen molar-refractivity contribution >= 4 is 10.9 Å². The minimum absolute atomic E-state index is 0.0935. The largest absolute Gasteiger partial charge is 0.396 e. The Morgan fingerprint density at radius 3 is 2.71 bits per heavy atom. The SMILES string of the molecule is OCC1(CNCc2cccc3cccnc23)CCCCC1. The van der Waals surface area contributed by atoms with Crippen LogP contribution in [0.3, 0.4) is 0 Å². The Bertz CT molecular complexity index is 585. The zero-order chi connectivity index (χ0) is 14.5. The summed E-state index contributed by atoms with van der Waals surface area (Å²) in [6, 6.07) is 10.4. The third-order valence-corrected chi connectivity index (χ3v) is 4.78. The molecular weight excluding hydrogens is 260 g/mol. The van der Waals surface area contributed by atoms with Crippen molar-refractivity contribution < 1.29 is 5.11 Å². The van der Waals surface area contributed by atoms with E-state index >= 15 is 0 Å². The van der Waals surface area contributed by atoms with Crippen LogP contribution < -0.4 is 5.32 Å². The van der Waals surface area contributed by atoms with Crippen molar-refractivity contribution in [2.24, 2.45) is 5.41 Å². The van der Waals surface area contributed by atoms with Gasteiger partial charge in [-0.15, -0.1) is 0 Å². The van der Waals surface area contributed by atoms with Crippen molar-refractivity contribution in [2.75, 3.05) is 13.2 Å². The second-order valence-electron chi connectivity index (χ2n) is 6.31. The summed E-state index contributed by atoms with van der Waals surface area (Å²) in [5.74, 6) is 0. The van der Waals surface area contributed by atoms with E-state index in [9.17, 15) is 5.11 Å². The van der Waals surface area contributed by atoms with Gasteiger partial charge in [0.25, 0.3) is 0 Å². The molecule has 1 fully saturated rings. The normalized spacial score (nSPS) is 18.0. The first kappa shape index (κ1) is 14.5. The van der Waals surface area contributed by atoms with Gasteiger partial charge in [0.15, 0.2) is 0 Å². The minimum Gasteiger partial charge on any atom is -0.396 e. The van der Waals surface area contributed by atoms with Gasteiger partial charge in [-0.1, -0.05) is 43.5 Å². The lowest BCUT2D eigenvalue weighted by molar-refractivity contribution is 0.0811. The highest BCUT2D eigenvalue weighted by atomic mass is 16.3. The third kappa shape index (κ3) is 3.25. The molecule has 2 N–H and O–H groups in total. The molecule has 1 aromatic heterocycles. The highest BCUT2D eigenvalue weighted by molar-refractivity contribution is 5.81. The first-order valence-corrected chi connectivity index (χ1v) is 7.97. The summed E-state index contributed by atoms with van der Waals surface area (Å²) < 4.78 is 0. The summed E-state index contributed by atoms with van der Waals surface area (Å²) in [4.78, 5) is 4.49. The van der Waals surface area contributed by atoms with Gasteiger partial charge in [-0.3, -0.25) is 4.98 Å². The summed E-state index contributed by atoms with van der Waals surface area (Å²) in [6.45, 7) is 2.01. The standard InChI is InChI=1S/C18H24N2O/c21-14-18(9-2-1-3-10-18)13-19-12-16-7-4-6-15-8-5-11-20-17(15)16/h4-8,11,19,21H,1-3,9-10,12-14H2. The smallest absolute Gasteiger partial charge is 0.0746 e. The number of aliphatic hydroxyl groups is 1. The number of pyridine rings is 1. The number of hydrogen-bond donors (Lipinski definition) is 2. The lowest BCUT2D eigenvalue weighted by Gasteiger charge is -2.35. The van der Waals surface area contributed by atoms with Gasteiger partial charge in [0.05, 0.1) is 5.52 Å². The van der Waals surface area contributed by atoms with E-state index in [1.165, 1.54) is 30.2 Å². The Balaban J connectivity index is 1.66. The minimum atomic E-state index is 0.0935. The van der Waals surface area contributed by atoms with Crippen LogP contribution in [0.1, 0.15) is 37.7 Å². The van der Waals surface area contributed by atoms with E-state index in [1.807, 2.05) is 12.3 Å². The van der Waals surface area contributed by atoms with Crippen LogP contribution in [0, 0.1) is 5.41 Å². The van der Waals surface area contributed by atoms with Crippen LogP contribution in [0.2, 0.25) is 0 Å². The van der Waals surface area contributed by atoms with Gasteiger partial charge in [-0.25, -0.2) is 0 Å². The molecule has 1 aromatic carbocycles. The Morgan fingerprint density at radius 2 is 1.90 bits per heavy atom. The number of aromatic nitrogens is 1. The van der Waals surface area contributed by atoms with Gasteiger partial charge in [0.2, 0.25) is 0 Å². The molecule has 0 radical (unpaired) electrons. The predicted octanol–water partition coefficient (Wildman–Crippen LogP) is 3.27. The summed E-state index contributed by atoms with van der Waals surface area (Å²) in [5, 5.41) is 14.5. The molecule has 0 aliphatic heterocycles. The molecule has 1 heterocycles. The molecule has 21 heavy (non-hydrogen) atoms. The van der Waals surface area contributed by atoms with Crippen molar-refractivity contribution in [3.63, 3.8) is 0 Å². The number of nitrogens with one attached hydrogen (secondary N) is 1. The number of nitrogens with zero attached hydrogens (tertiary/aromatic N) is 1. The van der Waals surface area contributed by atoms with E-state index in [0.29, 0.717) is 6.61 Å². The Hall–Kier alpha value is -1.45. The number of benzene rings is 1. The first-order valence-electron chi connectivity index (χ1n) is 7.97. The van der Waals surface area contributed by atoms with Crippen LogP contribution in [-0.4, -0.2) is 23.2 Å². The van der Waals surface area contributed by atoms with Gasteiger partial charge in [0, 0.05) is 36.7 Å². The zero-order valence-electron chi connectivity index (χ0n) is 12.5. The summed E-state index contributed by atoms with van der Waals surface area (Å²) in [6.07, 6.45) is 7.95. The lowest BCUT2D eigenvalue weighted by atomic mass is 9.74. The first-order chi connectivity index (χ1) is 10.3. The predicted molar refractivity (Wildman–Crippen MR) is 86.1 cm³/mol. The molecule has 1 saturated carbocycles. The molecular formula is C18H24N2O. The van der Waals surface area contributed by atoms with Gasteiger partial charge < -0.3 is 10.4 Å². The molecule has 0 amide bonds. The lowest BCUT2D eigenvalue weighted by Crippen LogP contribution is -2.38. The molecule has 1 aliphatic rings. The summed E-state index contributed by atoms with van der Waals surface area (Å²) in [5.41, 5.74) is 2.40. The zero-order valence-corrected chi connectivity index (χ0v) is 12.5. The molecule has 0 bridgehead atoms. The van der Waals surface area contributed by atoms with Crippen molar-refractivity contribution in [1.82, 2.24) is 10.3 Å². The number of fused-ring (bicyclic) bond motifs is 1. The average molecular weight is 284 g/mol. The van der Waals surface area contributed by atoms with Crippen molar-refractivity contribution in [3.05, 3.63) is 42.1 Å². The maximum absolute atomic E-state index is 9.76. The van der Waals surface area contributed by atoms with E-state index in [1.54, 1.807) is 0 Å². The van der Waals surface area contributed by atoms with Crippen LogP contribution in [0.25, 0.3) is 10.9 Å². The quantitative estimate of drug-likeness (QED) is 0.885. The molecule has 2 aromatic rings. The van der Waals surface area contributed by atoms with Crippen molar-refractivity contribution in [3.8, 4) is 0 Å². The average Bonchev–Trinajstić information content (AvgIpc) is 2.56. The molecule has 0 spiro atoms. The van der Waals surface area contributed by atoms with Crippen molar-refractivity contribution in [1.29, 1.82) is 0 Å². The molecule has 3 nitrogen and oxygen atoms in total. The third-order valence-electron chi connectivity index (χ3n) is 4.78. The van der Waals surface area contributed by atoms with Crippen LogP contribution in [0.15, 0.2) is 36.5 Å². The fourth-order valence-electron chi connectivity index (χ4n) is 3.46. The van der Waals surface area contributed by atoms with Crippen LogP contribution in [-0.2, 0) is 6.54 Å². The Kier molecular flexibility index (Phi) is 4.51. The van der Waals surface area contributed by atoms with Crippen LogP contribution in [0.4, 0.5) is 0 Å². The highest BCUT2D eigenvalue weighted by Crippen LogP contribution is 2.35.